The van der Waals surface area contributed by atoms with E-state index in [0.29, 0.717) is 11.3 Å². The van der Waals surface area contributed by atoms with E-state index in [1.54, 1.807) is 0 Å². The average molecular weight is 439 g/mol. The molecule has 0 aliphatic carbocycles. The number of H-pyrrole nitrogens is 1. The van der Waals surface area contributed by atoms with Gasteiger partial charge in [0.15, 0.2) is 6.29 Å². The zero-order valence-corrected chi connectivity index (χ0v) is 19.2. The molecule has 7 nitrogen and oxygen atoms in total. The second kappa shape index (κ2) is 9.83. The molecule has 2 unspecified atom stereocenters. The smallest absolute Gasteiger partial charge is 0.152 e. The number of aliphatic hydroxyl groups is 1. The van der Waals surface area contributed by atoms with Crippen LogP contribution in [0.3, 0.4) is 0 Å². The van der Waals surface area contributed by atoms with Crippen LogP contribution < -0.4 is 21.5 Å². The van der Waals surface area contributed by atoms with Gasteiger partial charge in [-0.05, 0) is 48.9 Å². The molecule has 0 saturated heterocycles. The van der Waals surface area contributed by atoms with Crippen LogP contribution in [0, 0.1) is 6.92 Å². The number of carbonyl (C=O) groups excluding carboxylic acids is 1. The van der Waals surface area contributed by atoms with Crippen LogP contribution in [0.5, 0.6) is 5.75 Å². The van der Waals surface area contributed by atoms with Crippen molar-refractivity contribution in [2.24, 2.45) is 11.5 Å². The third-order valence-electron chi connectivity index (χ3n) is 6.10. The molecule has 0 aliphatic heterocycles. The minimum absolute atomic E-state index is 0.0571. The van der Waals surface area contributed by atoms with E-state index in [4.69, 9.17) is 16.2 Å². The van der Waals surface area contributed by atoms with Gasteiger partial charge >= 0.3 is 0 Å². The summed E-state index contributed by atoms with van der Waals surface area (Å²) in [5, 5.41) is 14.1. The SMILES string of the molecule is CNCc1ccc2c(C=O)c(C(C)(C)c3cc(OCC(O)C(N)CN)ccc3C)[nH]c2c1. The molecule has 32 heavy (non-hydrogen) atoms. The largest absolute Gasteiger partial charge is 0.491 e. The summed E-state index contributed by atoms with van der Waals surface area (Å²) in [5.74, 6) is 0.627. The van der Waals surface area contributed by atoms with Crippen molar-refractivity contribution >= 4 is 17.2 Å². The number of fused-ring (bicyclic) bond motifs is 1. The summed E-state index contributed by atoms with van der Waals surface area (Å²) in [6.45, 7) is 7.20. The number of carbonyl (C=O) groups is 1. The minimum Gasteiger partial charge on any atom is -0.491 e. The van der Waals surface area contributed by atoms with E-state index in [1.807, 2.05) is 44.3 Å². The minimum atomic E-state index is -0.847. The Balaban J connectivity index is 1.99. The van der Waals surface area contributed by atoms with Gasteiger partial charge in [0.05, 0.1) is 0 Å². The molecule has 0 fully saturated rings. The Morgan fingerprint density at radius 1 is 1.25 bits per heavy atom. The molecule has 3 aromatic rings. The molecule has 2 aromatic carbocycles. The number of aldehydes is 1. The van der Waals surface area contributed by atoms with Crippen LogP contribution in [0.4, 0.5) is 0 Å². The van der Waals surface area contributed by atoms with Gasteiger partial charge in [-0.15, -0.1) is 0 Å². The summed E-state index contributed by atoms with van der Waals surface area (Å²) in [6.07, 6.45) is 0.0772. The summed E-state index contributed by atoms with van der Waals surface area (Å²) >= 11 is 0. The van der Waals surface area contributed by atoms with Gasteiger partial charge in [-0.2, -0.15) is 0 Å². The predicted molar refractivity (Wildman–Crippen MR) is 128 cm³/mol. The zero-order chi connectivity index (χ0) is 23.5. The fourth-order valence-electron chi connectivity index (χ4n) is 4.16. The van der Waals surface area contributed by atoms with Crippen LogP contribution in [0.25, 0.3) is 10.9 Å². The Morgan fingerprint density at radius 2 is 2.00 bits per heavy atom. The summed E-state index contributed by atoms with van der Waals surface area (Å²) in [5.41, 5.74) is 16.5. The highest BCUT2D eigenvalue weighted by Crippen LogP contribution is 2.39. The Kier molecular flexibility index (Phi) is 7.36. The fraction of sp³-hybridized carbons (Fsp3) is 0.400. The molecule has 0 aliphatic rings. The highest BCUT2D eigenvalue weighted by molar-refractivity contribution is 5.99. The van der Waals surface area contributed by atoms with E-state index >= 15 is 0 Å². The van der Waals surface area contributed by atoms with E-state index in [2.05, 4.69) is 30.2 Å². The Morgan fingerprint density at radius 3 is 2.66 bits per heavy atom. The third-order valence-corrected chi connectivity index (χ3v) is 6.10. The normalized spacial score (nSPS) is 13.8. The first-order chi connectivity index (χ1) is 15.2. The fourth-order valence-corrected chi connectivity index (χ4v) is 4.16. The second-order valence-corrected chi connectivity index (χ2v) is 8.82. The number of aliphatic hydroxyl groups excluding tert-OH is 1. The molecule has 0 saturated carbocycles. The molecule has 0 amide bonds. The van der Waals surface area contributed by atoms with Crippen LogP contribution in [-0.4, -0.2) is 48.7 Å². The molecule has 2 atom stereocenters. The number of hydrogen-bond acceptors (Lipinski definition) is 6. The predicted octanol–water partition coefficient (Wildman–Crippen LogP) is 2.36. The van der Waals surface area contributed by atoms with Gasteiger partial charge in [-0.25, -0.2) is 0 Å². The molecule has 0 bridgehead atoms. The standard InChI is InChI=1S/C25H34N4O3/c1-15-5-7-17(32-14-23(31)21(27)11-26)10-20(15)25(2,3)24-19(13-30)18-8-6-16(12-28-4)9-22(18)29-24/h5-10,13,21,23,28-29,31H,11-12,14,26-27H2,1-4H3. The van der Waals surface area contributed by atoms with Gasteiger partial charge in [0.25, 0.3) is 0 Å². The lowest BCUT2D eigenvalue weighted by atomic mass is 9.77. The van der Waals surface area contributed by atoms with Crippen LogP contribution in [0.2, 0.25) is 0 Å². The van der Waals surface area contributed by atoms with Crippen LogP contribution in [-0.2, 0) is 12.0 Å². The molecule has 7 heteroatoms. The van der Waals surface area contributed by atoms with Crippen molar-refractivity contribution in [3.63, 3.8) is 0 Å². The summed E-state index contributed by atoms with van der Waals surface area (Å²) in [4.78, 5) is 15.6. The van der Waals surface area contributed by atoms with E-state index in [0.717, 1.165) is 46.1 Å². The number of benzene rings is 2. The molecular formula is C25H34N4O3. The van der Waals surface area contributed by atoms with Gasteiger partial charge in [0.2, 0.25) is 0 Å². The number of ether oxygens (including phenoxy) is 1. The zero-order valence-electron chi connectivity index (χ0n) is 19.2. The van der Waals surface area contributed by atoms with Gasteiger partial charge < -0.3 is 31.6 Å². The van der Waals surface area contributed by atoms with Crippen molar-refractivity contribution in [3.05, 3.63) is 64.3 Å². The lowest BCUT2D eigenvalue weighted by Crippen LogP contribution is -2.44. The highest BCUT2D eigenvalue weighted by atomic mass is 16.5. The van der Waals surface area contributed by atoms with E-state index in [1.165, 1.54) is 0 Å². The first-order valence-corrected chi connectivity index (χ1v) is 10.8. The Hall–Kier alpha value is -2.71. The van der Waals surface area contributed by atoms with Crippen LogP contribution >= 0.6 is 0 Å². The number of rotatable bonds is 10. The van der Waals surface area contributed by atoms with Crippen LogP contribution in [0.15, 0.2) is 36.4 Å². The Bertz CT molecular complexity index is 1090. The maximum atomic E-state index is 12.1. The number of nitrogens with two attached hydrogens (primary N) is 2. The summed E-state index contributed by atoms with van der Waals surface area (Å²) in [7, 11) is 1.91. The molecule has 3 rings (SSSR count). The number of aromatic nitrogens is 1. The Labute approximate surface area is 189 Å². The lowest BCUT2D eigenvalue weighted by Gasteiger charge is -2.28. The van der Waals surface area contributed by atoms with Crippen molar-refractivity contribution in [1.29, 1.82) is 0 Å². The van der Waals surface area contributed by atoms with Gasteiger partial charge in [0.1, 0.15) is 18.5 Å². The van der Waals surface area contributed by atoms with Crippen molar-refractivity contribution < 1.29 is 14.6 Å². The topological polar surface area (TPSA) is 126 Å². The van der Waals surface area contributed by atoms with Crippen molar-refractivity contribution in [2.75, 3.05) is 20.2 Å². The molecule has 1 aromatic heterocycles. The van der Waals surface area contributed by atoms with Crippen molar-refractivity contribution in [2.45, 2.75) is 44.9 Å². The van der Waals surface area contributed by atoms with Gasteiger partial charge in [0, 0.05) is 46.7 Å². The first-order valence-electron chi connectivity index (χ1n) is 10.8. The van der Waals surface area contributed by atoms with Crippen molar-refractivity contribution in [3.8, 4) is 5.75 Å². The first kappa shape index (κ1) is 23.9. The van der Waals surface area contributed by atoms with E-state index in [9.17, 15) is 9.90 Å². The molecular weight excluding hydrogens is 404 g/mol. The maximum absolute atomic E-state index is 12.1. The van der Waals surface area contributed by atoms with Gasteiger partial charge in [-0.1, -0.05) is 32.0 Å². The molecule has 0 spiro atoms. The summed E-state index contributed by atoms with van der Waals surface area (Å²) in [6, 6.07) is 11.4. The third kappa shape index (κ3) is 4.71. The molecule has 0 radical (unpaired) electrons. The second-order valence-electron chi connectivity index (χ2n) is 8.82. The quantitative estimate of drug-likeness (QED) is 0.309. The number of aromatic amines is 1. The lowest BCUT2D eigenvalue weighted by molar-refractivity contribution is 0.0873. The molecule has 172 valence electrons. The summed E-state index contributed by atoms with van der Waals surface area (Å²) < 4.78 is 5.80. The number of nitrogens with one attached hydrogen (secondary N) is 2. The van der Waals surface area contributed by atoms with E-state index < -0.39 is 17.6 Å². The number of hydrogen-bond donors (Lipinski definition) is 5. The van der Waals surface area contributed by atoms with Crippen molar-refractivity contribution in [1.82, 2.24) is 10.3 Å². The average Bonchev–Trinajstić information content (AvgIpc) is 3.16. The van der Waals surface area contributed by atoms with E-state index in [-0.39, 0.29) is 13.2 Å². The molecule has 1 heterocycles. The number of aryl methyl sites for hydroxylation is 1. The van der Waals surface area contributed by atoms with Gasteiger partial charge in [-0.3, -0.25) is 4.79 Å². The maximum Gasteiger partial charge on any atom is 0.152 e. The highest BCUT2D eigenvalue weighted by Gasteiger charge is 2.31. The monoisotopic (exact) mass is 438 g/mol. The molecule has 7 N–H and O–H groups in total. The van der Waals surface area contributed by atoms with Crippen LogP contribution in [0.1, 0.15) is 46.6 Å².